The standard InChI is InChI=1S/C21H14ClF2N3O2.C2HF3O2/c22-19-20(29-11-15-4-5-16(23)8-18(15)24)26-12-27(21(19)28)10-14-3-1-2-13-9-25-7-6-17(13)14;3-2(4,5)1(6)7/h1-9,12H,10-11H2;(H,6,7). The molecule has 0 unspecified atom stereocenters. The molecule has 36 heavy (non-hydrogen) atoms. The first kappa shape index (κ1) is 26.5. The number of fused-ring (bicyclic) bond motifs is 1. The Hall–Kier alpha value is -4.06. The molecule has 2 heterocycles. The molecule has 0 saturated heterocycles. The van der Waals surface area contributed by atoms with Crippen LogP contribution in [0.1, 0.15) is 11.1 Å². The second kappa shape index (κ2) is 11.1. The van der Waals surface area contributed by atoms with Gasteiger partial charge in [-0.25, -0.2) is 18.6 Å². The zero-order chi connectivity index (χ0) is 26.5. The van der Waals surface area contributed by atoms with Crippen LogP contribution < -0.4 is 10.3 Å². The van der Waals surface area contributed by atoms with Crippen LogP contribution in [0.5, 0.6) is 5.88 Å². The van der Waals surface area contributed by atoms with Crippen molar-refractivity contribution < 1.29 is 36.6 Å². The molecule has 0 aliphatic carbocycles. The van der Waals surface area contributed by atoms with E-state index in [9.17, 15) is 26.7 Å². The summed E-state index contributed by atoms with van der Waals surface area (Å²) in [5.41, 5.74) is 0.548. The molecule has 0 aliphatic rings. The Balaban J connectivity index is 0.000000454. The second-order valence-corrected chi connectivity index (χ2v) is 7.52. The number of rotatable bonds is 5. The van der Waals surface area contributed by atoms with Crippen LogP contribution in [0, 0.1) is 11.6 Å². The van der Waals surface area contributed by atoms with Gasteiger partial charge in [0.2, 0.25) is 5.88 Å². The van der Waals surface area contributed by atoms with E-state index in [4.69, 9.17) is 26.2 Å². The van der Waals surface area contributed by atoms with Gasteiger partial charge in [-0.2, -0.15) is 13.2 Å². The van der Waals surface area contributed by atoms with Gasteiger partial charge in [-0.3, -0.25) is 14.3 Å². The molecule has 0 radical (unpaired) electrons. The van der Waals surface area contributed by atoms with Crippen molar-refractivity contribution in [2.45, 2.75) is 19.3 Å². The van der Waals surface area contributed by atoms with E-state index in [1.54, 1.807) is 12.4 Å². The molecule has 4 aromatic rings. The number of carboxylic acid groups (broad SMARTS) is 1. The van der Waals surface area contributed by atoms with E-state index >= 15 is 0 Å². The van der Waals surface area contributed by atoms with E-state index in [0.29, 0.717) is 0 Å². The maximum atomic E-state index is 13.7. The number of ether oxygens (including phenoxy) is 1. The van der Waals surface area contributed by atoms with Crippen molar-refractivity contribution in [3.05, 3.63) is 99.3 Å². The van der Waals surface area contributed by atoms with Crippen LogP contribution in [0.25, 0.3) is 10.8 Å². The van der Waals surface area contributed by atoms with Crippen LogP contribution in [0.15, 0.2) is 66.0 Å². The number of carbonyl (C=O) groups is 1. The third kappa shape index (κ3) is 6.54. The van der Waals surface area contributed by atoms with Gasteiger partial charge >= 0.3 is 12.1 Å². The van der Waals surface area contributed by atoms with Gasteiger partial charge < -0.3 is 9.84 Å². The zero-order valence-corrected chi connectivity index (χ0v) is 18.7. The number of hydrogen-bond acceptors (Lipinski definition) is 5. The fourth-order valence-corrected chi connectivity index (χ4v) is 3.17. The maximum absolute atomic E-state index is 13.7. The molecule has 1 N–H and O–H groups in total. The molecule has 0 bridgehead atoms. The van der Waals surface area contributed by atoms with Gasteiger partial charge in [-0.05, 0) is 29.1 Å². The average Bonchev–Trinajstić information content (AvgIpc) is 2.82. The van der Waals surface area contributed by atoms with E-state index in [1.165, 1.54) is 17.0 Å². The number of nitrogens with zero attached hydrogens (tertiary/aromatic N) is 3. The molecule has 13 heteroatoms. The Morgan fingerprint density at radius 2 is 1.83 bits per heavy atom. The Morgan fingerprint density at radius 3 is 2.50 bits per heavy atom. The van der Waals surface area contributed by atoms with Crippen LogP contribution in [0.3, 0.4) is 0 Å². The zero-order valence-electron chi connectivity index (χ0n) is 18.0. The van der Waals surface area contributed by atoms with Crippen molar-refractivity contribution in [2.24, 2.45) is 0 Å². The van der Waals surface area contributed by atoms with E-state index in [-0.39, 0.29) is 29.6 Å². The van der Waals surface area contributed by atoms with Gasteiger partial charge in [0.05, 0.1) is 6.54 Å². The summed E-state index contributed by atoms with van der Waals surface area (Å²) in [6.45, 7) is 0.0262. The van der Waals surface area contributed by atoms with Crippen LogP contribution in [0.2, 0.25) is 5.02 Å². The molecule has 0 spiro atoms. The minimum absolute atomic E-state index is 0.112. The molecule has 4 rings (SSSR count). The minimum Gasteiger partial charge on any atom is -0.475 e. The lowest BCUT2D eigenvalue weighted by Crippen LogP contribution is -2.22. The minimum atomic E-state index is -5.08. The van der Waals surface area contributed by atoms with E-state index in [2.05, 4.69) is 9.97 Å². The molecule has 0 amide bonds. The van der Waals surface area contributed by atoms with Crippen molar-refractivity contribution in [1.82, 2.24) is 14.5 Å². The van der Waals surface area contributed by atoms with Crippen molar-refractivity contribution in [3.8, 4) is 5.88 Å². The summed E-state index contributed by atoms with van der Waals surface area (Å²) in [5.74, 6) is -4.31. The van der Waals surface area contributed by atoms with E-state index in [1.807, 2.05) is 24.3 Å². The normalized spacial score (nSPS) is 11.1. The number of pyridine rings is 1. The molecule has 2 aromatic heterocycles. The van der Waals surface area contributed by atoms with Crippen LogP contribution in [0.4, 0.5) is 22.0 Å². The first-order valence-corrected chi connectivity index (χ1v) is 10.3. The number of aliphatic carboxylic acids is 1. The summed E-state index contributed by atoms with van der Waals surface area (Å²) in [5, 5.41) is 8.84. The Labute approximate surface area is 204 Å². The highest BCUT2D eigenvalue weighted by Gasteiger charge is 2.38. The summed E-state index contributed by atoms with van der Waals surface area (Å²) in [4.78, 5) is 29.7. The molecule has 2 aromatic carbocycles. The van der Waals surface area contributed by atoms with Crippen molar-refractivity contribution in [3.63, 3.8) is 0 Å². The van der Waals surface area contributed by atoms with Gasteiger partial charge in [0, 0.05) is 29.4 Å². The number of benzene rings is 2. The van der Waals surface area contributed by atoms with Gasteiger partial charge in [-0.15, -0.1) is 0 Å². The third-order valence-electron chi connectivity index (χ3n) is 4.68. The number of hydrogen-bond donors (Lipinski definition) is 1. The fourth-order valence-electron chi connectivity index (χ4n) is 2.96. The lowest BCUT2D eigenvalue weighted by atomic mass is 10.1. The van der Waals surface area contributed by atoms with E-state index < -0.39 is 29.3 Å². The molecular weight excluding hydrogens is 513 g/mol. The molecule has 0 atom stereocenters. The summed E-state index contributed by atoms with van der Waals surface area (Å²) in [6.07, 6.45) is -0.325. The topological polar surface area (TPSA) is 94.3 Å². The molecule has 0 saturated carbocycles. The van der Waals surface area contributed by atoms with Gasteiger partial charge in [0.25, 0.3) is 5.56 Å². The number of aromatic nitrogens is 3. The largest absolute Gasteiger partial charge is 0.490 e. The molecule has 7 nitrogen and oxygen atoms in total. The average molecular weight is 528 g/mol. The highest BCUT2D eigenvalue weighted by atomic mass is 35.5. The van der Waals surface area contributed by atoms with Gasteiger partial charge in [-0.1, -0.05) is 29.8 Å². The quantitative estimate of drug-likeness (QED) is 0.368. The summed E-state index contributed by atoms with van der Waals surface area (Å²) < 4.78 is 65.2. The SMILES string of the molecule is O=C(O)C(F)(F)F.O=c1c(Cl)c(OCc2ccc(F)cc2F)ncn1Cc1cccc2cnccc12. The smallest absolute Gasteiger partial charge is 0.475 e. The first-order valence-electron chi connectivity index (χ1n) is 9.90. The predicted molar refractivity (Wildman–Crippen MR) is 119 cm³/mol. The van der Waals surface area contributed by atoms with Gasteiger partial charge in [0.1, 0.15) is 24.6 Å². The number of carboxylic acids is 1. The predicted octanol–water partition coefficient (Wildman–Crippen LogP) is 4.98. The van der Waals surface area contributed by atoms with Crippen molar-refractivity contribution in [2.75, 3.05) is 0 Å². The van der Waals surface area contributed by atoms with Crippen LogP contribution >= 0.6 is 11.6 Å². The summed E-state index contributed by atoms with van der Waals surface area (Å²) >= 11 is 6.13. The highest BCUT2D eigenvalue weighted by molar-refractivity contribution is 6.31. The van der Waals surface area contributed by atoms with Crippen LogP contribution in [-0.2, 0) is 17.9 Å². The highest BCUT2D eigenvalue weighted by Crippen LogP contribution is 2.21. The number of halogens is 6. The number of alkyl halides is 3. The second-order valence-electron chi connectivity index (χ2n) is 7.14. The van der Waals surface area contributed by atoms with Crippen LogP contribution in [-0.4, -0.2) is 31.8 Å². The summed E-state index contributed by atoms with van der Waals surface area (Å²) in [7, 11) is 0. The molecule has 0 aliphatic heterocycles. The third-order valence-corrected chi connectivity index (χ3v) is 5.01. The Bertz CT molecular complexity index is 1450. The molecular formula is C23H15ClF5N3O4. The van der Waals surface area contributed by atoms with Crippen molar-refractivity contribution >= 4 is 28.3 Å². The van der Waals surface area contributed by atoms with E-state index in [0.717, 1.165) is 28.5 Å². The monoisotopic (exact) mass is 527 g/mol. The Morgan fingerprint density at radius 1 is 1.11 bits per heavy atom. The lowest BCUT2D eigenvalue weighted by molar-refractivity contribution is -0.192. The van der Waals surface area contributed by atoms with Crippen molar-refractivity contribution in [1.29, 1.82) is 0 Å². The lowest BCUT2D eigenvalue weighted by Gasteiger charge is -2.11. The molecule has 0 fully saturated rings. The van der Waals surface area contributed by atoms with Gasteiger partial charge in [0.15, 0.2) is 5.02 Å². The molecule has 188 valence electrons. The maximum Gasteiger partial charge on any atom is 0.490 e. The summed E-state index contributed by atoms with van der Waals surface area (Å²) in [6, 6.07) is 10.7. The fraction of sp³-hybridized carbons (Fsp3) is 0.130. The Kier molecular flexibility index (Phi) is 8.20. The first-order chi connectivity index (χ1) is 17.0.